The molecule has 0 aliphatic carbocycles. The van der Waals surface area contributed by atoms with Gasteiger partial charge in [0.05, 0.1) is 24.7 Å². The highest BCUT2D eigenvalue weighted by atomic mass is 16.6. The van der Waals surface area contributed by atoms with Crippen molar-refractivity contribution < 1.29 is 14.4 Å². The summed E-state index contributed by atoms with van der Waals surface area (Å²) in [6.07, 6.45) is 0.856. The maximum atomic E-state index is 11.0. The molecular weight excluding hydrogens is 224 g/mol. The molecule has 1 atom stereocenters. The molecule has 17 heavy (non-hydrogen) atoms. The molecule has 0 spiro atoms. The van der Waals surface area contributed by atoms with E-state index in [1.165, 1.54) is 7.11 Å². The standard InChI is InChI=1S/C11H14N2O4/c1-16-10-4-2-3-9(11(10)13(14)15)12-8-5-6-17-7-8/h2-4,8,12H,5-7H2,1H3. The number of hydrogen-bond donors (Lipinski definition) is 1. The van der Waals surface area contributed by atoms with Gasteiger partial charge in [0, 0.05) is 6.61 Å². The minimum absolute atomic E-state index is 0.0260. The van der Waals surface area contributed by atoms with Crippen LogP contribution in [0.4, 0.5) is 11.4 Å². The van der Waals surface area contributed by atoms with E-state index < -0.39 is 4.92 Å². The Kier molecular flexibility index (Phi) is 3.43. The summed E-state index contributed by atoms with van der Waals surface area (Å²) in [6, 6.07) is 5.11. The van der Waals surface area contributed by atoms with Crippen molar-refractivity contribution in [3.8, 4) is 5.75 Å². The molecule has 1 fully saturated rings. The van der Waals surface area contributed by atoms with Gasteiger partial charge in [-0.2, -0.15) is 0 Å². The molecule has 0 saturated carbocycles. The molecule has 1 aliphatic rings. The van der Waals surface area contributed by atoms with Gasteiger partial charge in [-0.25, -0.2) is 0 Å². The zero-order valence-corrected chi connectivity index (χ0v) is 9.51. The van der Waals surface area contributed by atoms with Crippen molar-refractivity contribution in [2.24, 2.45) is 0 Å². The summed E-state index contributed by atoms with van der Waals surface area (Å²) in [6.45, 7) is 1.27. The minimum Gasteiger partial charge on any atom is -0.490 e. The van der Waals surface area contributed by atoms with Gasteiger partial charge in [-0.15, -0.1) is 0 Å². The highest BCUT2D eigenvalue weighted by Gasteiger charge is 2.24. The molecule has 2 rings (SSSR count). The van der Waals surface area contributed by atoms with Crippen LogP contribution in [0.5, 0.6) is 5.75 Å². The third kappa shape index (κ3) is 2.47. The van der Waals surface area contributed by atoms with Crippen molar-refractivity contribution >= 4 is 11.4 Å². The van der Waals surface area contributed by atoms with Gasteiger partial charge in [-0.1, -0.05) is 6.07 Å². The summed E-state index contributed by atoms with van der Waals surface area (Å²) in [5.41, 5.74) is 0.451. The van der Waals surface area contributed by atoms with E-state index in [0.29, 0.717) is 18.9 Å². The number of nitrogens with one attached hydrogen (secondary N) is 1. The van der Waals surface area contributed by atoms with Gasteiger partial charge < -0.3 is 14.8 Å². The summed E-state index contributed by atoms with van der Waals surface area (Å²) in [5.74, 6) is 0.263. The fraction of sp³-hybridized carbons (Fsp3) is 0.455. The van der Waals surface area contributed by atoms with Crippen LogP contribution in [0.1, 0.15) is 6.42 Å². The molecule has 1 saturated heterocycles. The highest BCUT2D eigenvalue weighted by molar-refractivity contribution is 5.68. The monoisotopic (exact) mass is 238 g/mol. The number of ether oxygens (including phenoxy) is 2. The molecule has 1 heterocycles. The molecule has 0 radical (unpaired) electrons. The van der Waals surface area contributed by atoms with Crippen molar-refractivity contribution in [3.05, 3.63) is 28.3 Å². The summed E-state index contributed by atoms with van der Waals surface area (Å²) in [4.78, 5) is 10.6. The number of para-hydroxylation sites is 1. The zero-order valence-electron chi connectivity index (χ0n) is 9.51. The van der Waals surface area contributed by atoms with Crippen LogP contribution >= 0.6 is 0 Å². The topological polar surface area (TPSA) is 73.6 Å². The second kappa shape index (κ2) is 5.01. The first-order valence-electron chi connectivity index (χ1n) is 5.38. The number of methoxy groups -OCH3 is 1. The fourth-order valence-electron chi connectivity index (χ4n) is 1.86. The second-order valence-electron chi connectivity index (χ2n) is 3.82. The van der Waals surface area contributed by atoms with Crippen molar-refractivity contribution in [2.45, 2.75) is 12.5 Å². The van der Waals surface area contributed by atoms with Crippen LogP contribution in [0.3, 0.4) is 0 Å². The molecule has 1 unspecified atom stereocenters. The zero-order chi connectivity index (χ0) is 12.3. The Balaban J connectivity index is 2.28. The molecule has 0 aromatic heterocycles. The largest absolute Gasteiger partial charge is 0.490 e. The Morgan fingerprint density at radius 3 is 3.00 bits per heavy atom. The van der Waals surface area contributed by atoms with Crippen LogP contribution in [0, 0.1) is 10.1 Å². The maximum Gasteiger partial charge on any atom is 0.333 e. The smallest absolute Gasteiger partial charge is 0.333 e. The Labute approximate surface area is 98.7 Å². The van der Waals surface area contributed by atoms with Crippen LogP contribution in [0.15, 0.2) is 18.2 Å². The van der Waals surface area contributed by atoms with Crippen molar-refractivity contribution in [1.82, 2.24) is 0 Å². The Morgan fingerprint density at radius 2 is 2.41 bits per heavy atom. The quantitative estimate of drug-likeness (QED) is 0.639. The van der Waals surface area contributed by atoms with Gasteiger partial charge in [0.1, 0.15) is 5.69 Å². The van der Waals surface area contributed by atoms with E-state index >= 15 is 0 Å². The third-order valence-corrected chi connectivity index (χ3v) is 2.69. The normalized spacial score (nSPS) is 19.0. The summed E-state index contributed by atoms with van der Waals surface area (Å²) in [5, 5.41) is 14.1. The Bertz CT molecular complexity index is 416. The average Bonchev–Trinajstić information content (AvgIpc) is 2.81. The molecule has 0 amide bonds. The SMILES string of the molecule is COc1cccc(NC2CCOC2)c1[N+](=O)[O-]. The summed E-state index contributed by atoms with van der Waals surface area (Å²) < 4.78 is 10.2. The molecular formula is C11H14N2O4. The fourth-order valence-corrected chi connectivity index (χ4v) is 1.86. The van der Waals surface area contributed by atoms with Gasteiger partial charge >= 0.3 is 5.69 Å². The lowest BCUT2D eigenvalue weighted by molar-refractivity contribution is -0.384. The lowest BCUT2D eigenvalue weighted by Crippen LogP contribution is -2.19. The molecule has 0 bridgehead atoms. The van der Waals surface area contributed by atoms with Crippen LogP contribution in [-0.4, -0.2) is 31.3 Å². The first kappa shape index (κ1) is 11.7. The Morgan fingerprint density at radius 1 is 1.59 bits per heavy atom. The molecule has 92 valence electrons. The number of benzene rings is 1. The van der Waals surface area contributed by atoms with E-state index in [2.05, 4.69) is 5.32 Å². The van der Waals surface area contributed by atoms with Crippen LogP contribution in [0.2, 0.25) is 0 Å². The Hall–Kier alpha value is -1.82. The van der Waals surface area contributed by atoms with Crippen molar-refractivity contribution in [1.29, 1.82) is 0 Å². The van der Waals surface area contributed by atoms with E-state index in [1.807, 2.05) is 0 Å². The lowest BCUT2D eigenvalue weighted by Gasteiger charge is -2.13. The predicted octanol–water partition coefficient (Wildman–Crippen LogP) is 1.80. The highest BCUT2D eigenvalue weighted by Crippen LogP contribution is 2.35. The number of rotatable bonds is 4. The van der Waals surface area contributed by atoms with E-state index in [0.717, 1.165) is 6.42 Å². The minimum atomic E-state index is -0.434. The van der Waals surface area contributed by atoms with Crippen LogP contribution in [0.25, 0.3) is 0 Å². The number of hydrogen-bond acceptors (Lipinski definition) is 5. The number of anilines is 1. The number of nitrogens with zero attached hydrogens (tertiary/aromatic N) is 1. The second-order valence-corrected chi connectivity index (χ2v) is 3.82. The van der Waals surface area contributed by atoms with E-state index in [-0.39, 0.29) is 17.5 Å². The van der Waals surface area contributed by atoms with E-state index in [4.69, 9.17) is 9.47 Å². The van der Waals surface area contributed by atoms with Gasteiger partial charge in [0.15, 0.2) is 5.75 Å². The van der Waals surface area contributed by atoms with Gasteiger partial charge in [0.2, 0.25) is 0 Å². The van der Waals surface area contributed by atoms with Gasteiger partial charge in [-0.05, 0) is 18.6 Å². The first-order chi connectivity index (χ1) is 8.22. The average molecular weight is 238 g/mol. The van der Waals surface area contributed by atoms with Crippen LogP contribution < -0.4 is 10.1 Å². The number of nitro benzene ring substituents is 1. The predicted molar refractivity (Wildman–Crippen MR) is 62.5 cm³/mol. The van der Waals surface area contributed by atoms with Crippen LogP contribution in [-0.2, 0) is 4.74 Å². The van der Waals surface area contributed by atoms with Crippen molar-refractivity contribution in [3.63, 3.8) is 0 Å². The molecule has 1 aromatic carbocycles. The van der Waals surface area contributed by atoms with E-state index in [1.54, 1.807) is 18.2 Å². The maximum absolute atomic E-state index is 11.0. The molecule has 1 N–H and O–H groups in total. The first-order valence-corrected chi connectivity index (χ1v) is 5.38. The summed E-state index contributed by atoms with van der Waals surface area (Å²) in [7, 11) is 1.42. The molecule has 6 nitrogen and oxygen atoms in total. The lowest BCUT2D eigenvalue weighted by atomic mass is 10.2. The van der Waals surface area contributed by atoms with Gasteiger partial charge in [0.25, 0.3) is 0 Å². The third-order valence-electron chi connectivity index (χ3n) is 2.69. The number of nitro groups is 1. The van der Waals surface area contributed by atoms with E-state index in [9.17, 15) is 10.1 Å². The van der Waals surface area contributed by atoms with Gasteiger partial charge in [-0.3, -0.25) is 10.1 Å². The summed E-state index contributed by atoms with van der Waals surface area (Å²) >= 11 is 0. The molecule has 6 heteroatoms. The van der Waals surface area contributed by atoms with Crippen molar-refractivity contribution in [2.75, 3.05) is 25.6 Å². The molecule has 1 aromatic rings. The molecule has 1 aliphatic heterocycles.